The fourth-order valence-corrected chi connectivity index (χ4v) is 6.58. The molecule has 0 spiro atoms. The lowest BCUT2D eigenvalue weighted by atomic mass is 9.59. The van der Waals surface area contributed by atoms with Crippen molar-refractivity contribution in [3.63, 3.8) is 0 Å². The molecule has 0 N–H and O–H groups in total. The molecule has 0 aromatic heterocycles. The van der Waals surface area contributed by atoms with E-state index in [1.807, 2.05) is 18.2 Å². The first-order valence-corrected chi connectivity index (χ1v) is 12.0. The van der Waals surface area contributed by atoms with Crippen molar-refractivity contribution in [1.29, 1.82) is 0 Å². The Bertz CT molecular complexity index is 847. The molecule has 5 rings (SSSR count). The second kappa shape index (κ2) is 7.87. The Morgan fingerprint density at radius 3 is 2.80 bits per heavy atom. The fraction of sp³-hybridized carbons (Fsp3) is 0.640. The van der Waals surface area contributed by atoms with Crippen molar-refractivity contribution < 1.29 is 9.53 Å². The highest BCUT2D eigenvalue weighted by atomic mass is 35.5. The number of ether oxygens (including phenoxy) is 1. The average molecular weight is 429 g/mol. The first-order chi connectivity index (χ1) is 14.4. The van der Waals surface area contributed by atoms with Crippen LogP contribution in [0.4, 0.5) is 5.69 Å². The number of esters is 1. The summed E-state index contributed by atoms with van der Waals surface area (Å²) in [5.74, 6) is 0.905. The van der Waals surface area contributed by atoms with E-state index in [2.05, 4.69) is 35.8 Å². The maximum atomic E-state index is 12.8. The van der Waals surface area contributed by atoms with Crippen molar-refractivity contribution in [3.05, 3.63) is 40.9 Å². The van der Waals surface area contributed by atoms with Crippen LogP contribution in [0.15, 0.2) is 35.9 Å². The van der Waals surface area contributed by atoms with Crippen molar-refractivity contribution in [2.45, 2.75) is 45.6 Å². The number of nitrogens with zero attached hydrogens (tertiary/aromatic N) is 2. The van der Waals surface area contributed by atoms with Crippen LogP contribution in [-0.2, 0) is 9.53 Å². The van der Waals surface area contributed by atoms with Gasteiger partial charge in [-0.25, -0.2) is 0 Å². The Balaban J connectivity index is 1.26. The van der Waals surface area contributed by atoms with E-state index in [-0.39, 0.29) is 29.3 Å². The number of halogens is 1. The predicted molar refractivity (Wildman–Crippen MR) is 121 cm³/mol. The van der Waals surface area contributed by atoms with Crippen LogP contribution in [0.5, 0.6) is 0 Å². The van der Waals surface area contributed by atoms with Crippen molar-refractivity contribution >= 4 is 23.3 Å². The number of rotatable bonds is 3. The van der Waals surface area contributed by atoms with Gasteiger partial charge in [-0.3, -0.25) is 9.69 Å². The Morgan fingerprint density at radius 2 is 2.03 bits per heavy atom. The van der Waals surface area contributed by atoms with Gasteiger partial charge in [-0.2, -0.15) is 0 Å². The molecule has 5 atom stereocenters. The number of hydrogen-bond donors (Lipinski definition) is 0. The largest absolute Gasteiger partial charge is 0.461 e. The van der Waals surface area contributed by atoms with E-state index < -0.39 is 0 Å². The van der Waals surface area contributed by atoms with E-state index in [0.29, 0.717) is 5.92 Å². The molecule has 5 heteroatoms. The molecule has 30 heavy (non-hydrogen) atoms. The quantitative estimate of drug-likeness (QED) is 0.512. The minimum absolute atomic E-state index is 0.0149. The molecule has 2 aliphatic heterocycles. The van der Waals surface area contributed by atoms with Crippen LogP contribution < -0.4 is 4.90 Å². The van der Waals surface area contributed by atoms with Gasteiger partial charge in [0, 0.05) is 49.4 Å². The van der Waals surface area contributed by atoms with Gasteiger partial charge in [0.1, 0.15) is 6.10 Å². The molecule has 0 radical (unpaired) electrons. The van der Waals surface area contributed by atoms with Gasteiger partial charge in [-0.05, 0) is 48.8 Å². The second-order valence-corrected chi connectivity index (χ2v) is 10.5. The molecule has 2 saturated heterocycles. The molecular weight excluding hydrogens is 396 g/mol. The molecule has 1 aromatic rings. The molecule has 0 bridgehead atoms. The molecule has 3 fully saturated rings. The van der Waals surface area contributed by atoms with Gasteiger partial charge in [0.05, 0.1) is 5.92 Å². The summed E-state index contributed by atoms with van der Waals surface area (Å²) in [5.41, 5.74) is 3.02. The van der Waals surface area contributed by atoms with E-state index in [0.717, 1.165) is 44.2 Å². The first kappa shape index (κ1) is 20.4. The minimum atomic E-state index is -0.0149. The van der Waals surface area contributed by atoms with Crippen molar-refractivity contribution in [2.75, 3.05) is 37.6 Å². The SMILES string of the molecule is C[C@H]1CCC[C@]2(C)C[C@H]3OC(=O)[C@H](CN4CCN(c5cccc(Cl)c5)CC4)[C@H]3C=C12. The van der Waals surface area contributed by atoms with Crippen LogP contribution >= 0.6 is 11.6 Å². The molecule has 2 aliphatic carbocycles. The van der Waals surface area contributed by atoms with Crippen molar-refractivity contribution in [3.8, 4) is 0 Å². The van der Waals surface area contributed by atoms with Crippen molar-refractivity contribution in [2.24, 2.45) is 23.2 Å². The molecule has 1 saturated carbocycles. The summed E-state index contributed by atoms with van der Waals surface area (Å²) in [5, 5.41) is 0.781. The monoisotopic (exact) mass is 428 g/mol. The normalized spacial score (nSPS) is 36.7. The molecule has 4 aliphatic rings. The zero-order valence-electron chi connectivity index (χ0n) is 18.1. The van der Waals surface area contributed by atoms with E-state index >= 15 is 0 Å². The third kappa shape index (κ3) is 3.67. The molecule has 1 aromatic carbocycles. The molecule has 0 amide bonds. The highest BCUT2D eigenvalue weighted by Crippen LogP contribution is 2.54. The fourth-order valence-electron chi connectivity index (χ4n) is 6.40. The Labute approximate surface area is 185 Å². The maximum absolute atomic E-state index is 12.8. The lowest BCUT2D eigenvalue weighted by molar-refractivity contribution is -0.145. The summed E-state index contributed by atoms with van der Waals surface area (Å²) in [6.07, 6.45) is 7.37. The predicted octanol–water partition coefficient (Wildman–Crippen LogP) is 4.78. The Hall–Kier alpha value is -1.52. The zero-order chi connectivity index (χ0) is 20.9. The van der Waals surface area contributed by atoms with Crippen LogP contribution in [-0.4, -0.2) is 49.7 Å². The van der Waals surface area contributed by atoms with Gasteiger partial charge in [0.2, 0.25) is 0 Å². The zero-order valence-corrected chi connectivity index (χ0v) is 18.9. The van der Waals surface area contributed by atoms with Gasteiger partial charge >= 0.3 is 5.97 Å². The van der Waals surface area contributed by atoms with Crippen LogP contribution in [0, 0.1) is 23.2 Å². The molecule has 162 valence electrons. The number of benzene rings is 1. The van der Waals surface area contributed by atoms with E-state index in [1.54, 1.807) is 5.57 Å². The first-order valence-electron chi connectivity index (χ1n) is 11.6. The average Bonchev–Trinajstić information content (AvgIpc) is 3.01. The number of hydrogen-bond acceptors (Lipinski definition) is 4. The van der Waals surface area contributed by atoms with E-state index in [4.69, 9.17) is 16.3 Å². The van der Waals surface area contributed by atoms with Gasteiger partial charge in [-0.15, -0.1) is 0 Å². The Morgan fingerprint density at radius 1 is 1.23 bits per heavy atom. The lowest BCUT2D eigenvalue weighted by Crippen LogP contribution is -2.49. The van der Waals surface area contributed by atoms with E-state index in [1.165, 1.54) is 24.9 Å². The number of allylic oxidation sites excluding steroid dienone is 1. The third-order valence-corrected chi connectivity index (χ3v) is 8.32. The smallest absolute Gasteiger partial charge is 0.311 e. The topological polar surface area (TPSA) is 32.8 Å². The van der Waals surface area contributed by atoms with Gasteiger partial charge in [-0.1, -0.05) is 49.6 Å². The highest BCUT2D eigenvalue weighted by molar-refractivity contribution is 6.30. The minimum Gasteiger partial charge on any atom is -0.461 e. The van der Waals surface area contributed by atoms with Gasteiger partial charge in [0.15, 0.2) is 0 Å². The summed E-state index contributed by atoms with van der Waals surface area (Å²) < 4.78 is 5.94. The standard InChI is InChI=1S/C25H33ClN2O2/c1-17-5-4-8-25(2)15-23-20(14-22(17)25)21(24(29)30-23)16-27-9-11-28(12-10-27)19-7-3-6-18(26)13-19/h3,6-7,13-14,17,20-21,23H,4-5,8-12,15-16H2,1-2H3/t17-,20+,21+,23+,25+/m0/s1. The molecule has 0 unspecified atom stereocenters. The van der Waals surface area contributed by atoms with Crippen molar-refractivity contribution in [1.82, 2.24) is 4.90 Å². The number of carbonyl (C=O) groups excluding carboxylic acids is 1. The molecular formula is C25H33ClN2O2. The summed E-state index contributed by atoms with van der Waals surface area (Å²) in [6.45, 7) is 9.44. The van der Waals surface area contributed by atoms with E-state index in [9.17, 15) is 4.79 Å². The maximum Gasteiger partial charge on any atom is 0.311 e. The van der Waals surface area contributed by atoms with Crippen LogP contribution in [0.3, 0.4) is 0 Å². The summed E-state index contributed by atoms with van der Waals surface area (Å²) >= 11 is 6.16. The third-order valence-electron chi connectivity index (χ3n) is 8.08. The van der Waals surface area contributed by atoms with Crippen LogP contribution in [0.25, 0.3) is 0 Å². The number of anilines is 1. The van der Waals surface area contributed by atoms with Gasteiger partial charge < -0.3 is 9.64 Å². The number of fused-ring (bicyclic) bond motifs is 2. The molecule has 2 heterocycles. The number of piperazine rings is 1. The molecule has 4 nitrogen and oxygen atoms in total. The summed E-state index contributed by atoms with van der Waals surface area (Å²) in [4.78, 5) is 17.7. The van der Waals surface area contributed by atoms with Crippen LogP contribution in [0.2, 0.25) is 5.02 Å². The summed E-state index contributed by atoms with van der Waals surface area (Å²) in [6, 6.07) is 8.08. The van der Waals surface area contributed by atoms with Gasteiger partial charge in [0.25, 0.3) is 0 Å². The highest BCUT2D eigenvalue weighted by Gasteiger charge is 2.52. The van der Waals surface area contributed by atoms with Crippen LogP contribution in [0.1, 0.15) is 39.5 Å². The second-order valence-electron chi connectivity index (χ2n) is 10.1. The number of carbonyl (C=O) groups is 1. The Kier molecular flexibility index (Phi) is 5.35. The lowest BCUT2D eigenvalue weighted by Gasteiger charge is -2.46. The summed E-state index contributed by atoms with van der Waals surface area (Å²) in [7, 11) is 0.